The third-order valence-electron chi connectivity index (χ3n) is 5.74. The Morgan fingerprint density at radius 3 is 2.52 bits per heavy atom. The van der Waals surface area contributed by atoms with Crippen molar-refractivity contribution >= 4 is 21.6 Å². The standard InChI is InChI=1S/C26H29N3O3S/c1-17(2)29(14-20(30)13-18-7-5-4-6-8-18)15-23-27-25(31)24-22(16-33-26(24)28-23)19-9-11-21(32-3)12-10-19/h4-12,16-17,20,30H,13-15H2,1-3H3,(H,27,28,31). The zero-order valence-corrected chi connectivity index (χ0v) is 19.9. The minimum Gasteiger partial charge on any atom is -0.497 e. The Labute approximate surface area is 197 Å². The van der Waals surface area contributed by atoms with Crippen molar-refractivity contribution in [2.75, 3.05) is 13.7 Å². The largest absolute Gasteiger partial charge is 0.497 e. The van der Waals surface area contributed by atoms with Gasteiger partial charge in [0.15, 0.2) is 0 Å². The van der Waals surface area contributed by atoms with Gasteiger partial charge in [-0.25, -0.2) is 4.98 Å². The second-order valence-corrected chi connectivity index (χ2v) is 9.30. The number of aromatic amines is 1. The van der Waals surface area contributed by atoms with Crippen molar-refractivity contribution in [3.63, 3.8) is 0 Å². The number of aliphatic hydroxyl groups is 1. The molecule has 1 atom stereocenters. The molecule has 7 heteroatoms. The van der Waals surface area contributed by atoms with Crippen molar-refractivity contribution in [1.82, 2.24) is 14.9 Å². The molecule has 4 rings (SSSR count). The van der Waals surface area contributed by atoms with E-state index in [4.69, 9.17) is 9.72 Å². The Morgan fingerprint density at radius 2 is 1.85 bits per heavy atom. The van der Waals surface area contributed by atoms with Crippen molar-refractivity contribution in [1.29, 1.82) is 0 Å². The Hall–Kier alpha value is -3.00. The molecule has 6 nitrogen and oxygen atoms in total. The summed E-state index contributed by atoms with van der Waals surface area (Å²) in [7, 11) is 1.63. The van der Waals surface area contributed by atoms with Crippen molar-refractivity contribution in [3.8, 4) is 16.9 Å². The van der Waals surface area contributed by atoms with Gasteiger partial charge in [-0.1, -0.05) is 42.5 Å². The second-order valence-electron chi connectivity index (χ2n) is 8.44. The normalized spacial score (nSPS) is 12.5. The first-order valence-corrected chi connectivity index (χ1v) is 11.9. The Bertz CT molecular complexity index is 1250. The van der Waals surface area contributed by atoms with E-state index in [2.05, 4.69) is 23.7 Å². The minimum atomic E-state index is -0.506. The number of ether oxygens (including phenoxy) is 1. The summed E-state index contributed by atoms with van der Waals surface area (Å²) in [5, 5.41) is 13.2. The van der Waals surface area contributed by atoms with Gasteiger partial charge in [-0.3, -0.25) is 9.69 Å². The predicted molar refractivity (Wildman–Crippen MR) is 134 cm³/mol. The fourth-order valence-electron chi connectivity index (χ4n) is 3.92. The molecule has 4 aromatic rings. The summed E-state index contributed by atoms with van der Waals surface area (Å²) in [5.74, 6) is 1.38. The molecule has 0 radical (unpaired) electrons. The highest BCUT2D eigenvalue weighted by Crippen LogP contribution is 2.31. The summed E-state index contributed by atoms with van der Waals surface area (Å²) < 4.78 is 5.23. The fourth-order valence-corrected chi connectivity index (χ4v) is 4.89. The zero-order valence-electron chi connectivity index (χ0n) is 19.1. The van der Waals surface area contributed by atoms with Crippen LogP contribution in [0.25, 0.3) is 21.3 Å². The van der Waals surface area contributed by atoms with E-state index in [1.54, 1.807) is 7.11 Å². The van der Waals surface area contributed by atoms with Crippen molar-refractivity contribution in [3.05, 3.63) is 81.7 Å². The van der Waals surface area contributed by atoms with E-state index in [1.165, 1.54) is 11.3 Å². The lowest BCUT2D eigenvalue weighted by Crippen LogP contribution is -2.38. The van der Waals surface area contributed by atoms with Gasteiger partial charge in [-0.2, -0.15) is 0 Å². The number of hydrogen-bond donors (Lipinski definition) is 2. The van der Waals surface area contributed by atoms with Crippen LogP contribution in [0.1, 0.15) is 25.2 Å². The number of aromatic nitrogens is 2. The van der Waals surface area contributed by atoms with Crippen molar-refractivity contribution in [2.24, 2.45) is 0 Å². The van der Waals surface area contributed by atoms with E-state index in [-0.39, 0.29) is 11.6 Å². The number of rotatable bonds is 9. The molecule has 33 heavy (non-hydrogen) atoms. The summed E-state index contributed by atoms with van der Waals surface area (Å²) >= 11 is 1.47. The average Bonchev–Trinajstić information content (AvgIpc) is 3.24. The molecule has 1 unspecified atom stereocenters. The molecule has 0 fully saturated rings. The molecule has 2 aromatic heterocycles. The lowest BCUT2D eigenvalue weighted by Gasteiger charge is -2.28. The number of nitrogens with one attached hydrogen (secondary N) is 1. The molecular weight excluding hydrogens is 434 g/mol. The maximum Gasteiger partial charge on any atom is 0.260 e. The highest BCUT2D eigenvalue weighted by molar-refractivity contribution is 7.17. The number of H-pyrrole nitrogens is 1. The third kappa shape index (κ3) is 5.50. The van der Waals surface area contributed by atoms with Crippen LogP contribution in [0.5, 0.6) is 5.75 Å². The molecule has 0 saturated heterocycles. The van der Waals surface area contributed by atoms with E-state index in [0.717, 1.165) is 22.4 Å². The minimum absolute atomic E-state index is 0.143. The molecule has 0 aliphatic carbocycles. The first-order chi connectivity index (χ1) is 15.9. The molecule has 0 aliphatic heterocycles. The third-order valence-corrected chi connectivity index (χ3v) is 6.61. The quantitative estimate of drug-likeness (QED) is 0.383. The topological polar surface area (TPSA) is 78.5 Å². The highest BCUT2D eigenvalue weighted by Gasteiger charge is 2.19. The van der Waals surface area contributed by atoms with Crippen LogP contribution < -0.4 is 10.3 Å². The van der Waals surface area contributed by atoms with Crippen LogP contribution in [0.4, 0.5) is 0 Å². The van der Waals surface area contributed by atoms with Gasteiger partial charge in [0.25, 0.3) is 5.56 Å². The van der Waals surface area contributed by atoms with E-state index in [1.807, 2.05) is 60.0 Å². The number of methoxy groups -OCH3 is 1. The number of nitrogens with zero attached hydrogens (tertiary/aromatic N) is 2. The summed E-state index contributed by atoms with van der Waals surface area (Å²) in [6, 6.07) is 17.8. The summed E-state index contributed by atoms with van der Waals surface area (Å²) in [5.41, 5.74) is 2.79. The maximum absolute atomic E-state index is 13.0. The Morgan fingerprint density at radius 1 is 1.12 bits per heavy atom. The van der Waals surface area contributed by atoms with Crippen molar-refractivity contribution < 1.29 is 9.84 Å². The molecule has 2 heterocycles. The summed E-state index contributed by atoms with van der Waals surface area (Å²) in [6.07, 6.45) is 0.0806. The van der Waals surface area contributed by atoms with Gasteiger partial charge in [0.05, 0.1) is 25.1 Å². The van der Waals surface area contributed by atoms with Gasteiger partial charge < -0.3 is 14.8 Å². The predicted octanol–water partition coefficient (Wildman–Crippen LogP) is 4.47. The second kappa shape index (κ2) is 10.3. The Kier molecular flexibility index (Phi) is 7.23. The average molecular weight is 464 g/mol. The molecule has 0 spiro atoms. The smallest absolute Gasteiger partial charge is 0.260 e. The van der Waals surface area contributed by atoms with Gasteiger partial charge in [0, 0.05) is 23.5 Å². The van der Waals surface area contributed by atoms with Gasteiger partial charge in [0.2, 0.25) is 0 Å². The highest BCUT2D eigenvalue weighted by atomic mass is 32.1. The number of benzene rings is 2. The molecule has 0 amide bonds. The van der Waals surface area contributed by atoms with Crippen LogP contribution in [0.15, 0.2) is 64.8 Å². The lowest BCUT2D eigenvalue weighted by molar-refractivity contribution is 0.0892. The van der Waals surface area contributed by atoms with Crippen molar-refractivity contribution in [2.45, 2.75) is 39.0 Å². The van der Waals surface area contributed by atoms with Crippen LogP contribution in [0, 0.1) is 0 Å². The van der Waals surface area contributed by atoms with Crippen LogP contribution in [-0.4, -0.2) is 45.8 Å². The molecule has 0 saturated carbocycles. The van der Waals surface area contributed by atoms with Crippen LogP contribution in [0.2, 0.25) is 0 Å². The van der Waals surface area contributed by atoms with Gasteiger partial charge in [-0.15, -0.1) is 11.3 Å². The summed E-state index contributed by atoms with van der Waals surface area (Å²) in [4.78, 5) is 23.6. The monoisotopic (exact) mass is 463 g/mol. The number of thiophene rings is 1. The Balaban J connectivity index is 1.54. The molecule has 0 aliphatic rings. The van der Waals surface area contributed by atoms with Gasteiger partial charge >= 0.3 is 0 Å². The molecule has 172 valence electrons. The first-order valence-electron chi connectivity index (χ1n) is 11.1. The van der Waals surface area contributed by atoms with E-state index in [9.17, 15) is 9.90 Å². The fraction of sp³-hybridized carbons (Fsp3) is 0.308. The lowest BCUT2D eigenvalue weighted by atomic mass is 10.1. The number of fused-ring (bicyclic) bond motifs is 1. The number of hydrogen-bond acceptors (Lipinski definition) is 6. The van der Waals surface area contributed by atoms with Gasteiger partial charge in [0.1, 0.15) is 16.4 Å². The van der Waals surface area contributed by atoms with Gasteiger partial charge in [-0.05, 0) is 43.5 Å². The zero-order chi connectivity index (χ0) is 23.4. The molecule has 0 bridgehead atoms. The summed E-state index contributed by atoms with van der Waals surface area (Å²) in [6.45, 7) is 5.12. The van der Waals surface area contributed by atoms with Crippen LogP contribution in [-0.2, 0) is 13.0 Å². The first kappa shape index (κ1) is 23.2. The van der Waals surface area contributed by atoms with E-state index in [0.29, 0.717) is 35.6 Å². The SMILES string of the molecule is COc1ccc(-c2csc3nc(CN(CC(O)Cc4ccccc4)C(C)C)[nH]c(=O)c23)cc1. The molecular formula is C26H29N3O3S. The number of aliphatic hydroxyl groups excluding tert-OH is 1. The van der Waals surface area contributed by atoms with Crippen LogP contribution >= 0.6 is 11.3 Å². The maximum atomic E-state index is 13.0. The van der Waals surface area contributed by atoms with E-state index < -0.39 is 6.10 Å². The van der Waals surface area contributed by atoms with E-state index >= 15 is 0 Å². The molecule has 2 N–H and O–H groups in total. The van der Waals surface area contributed by atoms with Crippen LogP contribution in [0.3, 0.4) is 0 Å². The molecule has 2 aromatic carbocycles.